The average molecular weight is 334 g/mol. The number of rotatable bonds is 3. The summed E-state index contributed by atoms with van der Waals surface area (Å²) in [5.41, 5.74) is 0.768. The van der Waals surface area contributed by atoms with Gasteiger partial charge in [-0.05, 0) is 42.8 Å². The van der Waals surface area contributed by atoms with E-state index in [-0.39, 0.29) is 20.6 Å². The largest absolute Gasteiger partial charge is 0.279 e. The van der Waals surface area contributed by atoms with Crippen LogP contribution < -0.4 is 4.72 Å². The molecule has 1 N–H and O–H groups in total. The summed E-state index contributed by atoms with van der Waals surface area (Å²) in [5, 5.41) is 0.405. The van der Waals surface area contributed by atoms with Crippen LogP contribution in [-0.4, -0.2) is 8.42 Å². The van der Waals surface area contributed by atoms with Gasteiger partial charge >= 0.3 is 0 Å². The van der Waals surface area contributed by atoms with Crippen LogP contribution in [0.5, 0.6) is 0 Å². The predicted octanol–water partition coefficient (Wildman–Crippen LogP) is 4.24. The van der Waals surface area contributed by atoms with Crippen LogP contribution >= 0.6 is 23.2 Å². The first kappa shape index (κ1) is 15.1. The molecule has 106 valence electrons. The van der Waals surface area contributed by atoms with Gasteiger partial charge in [0.1, 0.15) is 5.82 Å². The van der Waals surface area contributed by atoms with Crippen molar-refractivity contribution >= 4 is 38.9 Å². The molecule has 0 unspecified atom stereocenters. The zero-order valence-electron chi connectivity index (χ0n) is 10.3. The maximum absolute atomic E-state index is 13.2. The molecule has 2 aromatic rings. The van der Waals surface area contributed by atoms with Gasteiger partial charge in [-0.3, -0.25) is 4.72 Å². The SMILES string of the molecule is Cc1ccc(F)cc1NS(=O)(=O)c1cc(Cl)cc(Cl)c1. The van der Waals surface area contributed by atoms with Crippen LogP contribution in [0.4, 0.5) is 10.1 Å². The zero-order valence-corrected chi connectivity index (χ0v) is 12.7. The Morgan fingerprint density at radius 1 is 1.05 bits per heavy atom. The molecule has 0 aliphatic rings. The van der Waals surface area contributed by atoms with E-state index < -0.39 is 15.8 Å². The van der Waals surface area contributed by atoms with E-state index in [0.29, 0.717) is 5.56 Å². The Bertz CT molecular complexity index is 743. The van der Waals surface area contributed by atoms with Gasteiger partial charge in [0.05, 0.1) is 10.6 Å². The molecule has 3 nitrogen and oxygen atoms in total. The first-order valence-corrected chi connectivity index (χ1v) is 7.77. The second-order valence-electron chi connectivity index (χ2n) is 4.17. The van der Waals surface area contributed by atoms with Gasteiger partial charge < -0.3 is 0 Å². The van der Waals surface area contributed by atoms with E-state index in [1.54, 1.807) is 6.92 Å². The van der Waals surface area contributed by atoms with Gasteiger partial charge in [0, 0.05) is 10.0 Å². The predicted molar refractivity (Wildman–Crippen MR) is 78.4 cm³/mol. The molecule has 0 fully saturated rings. The standard InChI is InChI=1S/C13H10Cl2FNO2S/c1-8-2-3-11(16)7-13(8)17-20(18,19)12-5-9(14)4-10(15)6-12/h2-7,17H,1H3. The van der Waals surface area contributed by atoms with E-state index >= 15 is 0 Å². The third kappa shape index (κ3) is 3.42. The fourth-order valence-electron chi connectivity index (χ4n) is 1.59. The highest BCUT2D eigenvalue weighted by Gasteiger charge is 2.17. The van der Waals surface area contributed by atoms with Crippen molar-refractivity contribution in [2.24, 2.45) is 0 Å². The Labute approximate surface area is 126 Å². The Kier molecular flexibility index (Phi) is 4.22. The third-order valence-electron chi connectivity index (χ3n) is 2.59. The molecule has 7 heteroatoms. The highest BCUT2D eigenvalue weighted by Crippen LogP contribution is 2.25. The van der Waals surface area contributed by atoms with Crippen molar-refractivity contribution in [2.75, 3.05) is 4.72 Å². The van der Waals surface area contributed by atoms with Gasteiger partial charge in [0.15, 0.2) is 0 Å². The summed E-state index contributed by atoms with van der Waals surface area (Å²) >= 11 is 11.6. The molecular formula is C13H10Cl2FNO2S. The van der Waals surface area contributed by atoms with E-state index in [1.807, 2.05) is 0 Å². The molecule has 0 saturated heterocycles. The van der Waals surface area contributed by atoms with E-state index in [1.165, 1.54) is 30.3 Å². The zero-order chi connectivity index (χ0) is 14.9. The van der Waals surface area contributed by atoms with Crippen molar-refractivity contribution in [1.29, 1.82) is 0 Å². The van der Waals surface area contributed by atoms with E-state index in [2.05, 4.69) is 4.72 Å². The highest BCUT2D eigenvalue weighted by molar-refractivity contribution is 7.92. The van der Waals surface area contributed by atoms with Crippen molar-refractivity contribution in [2.45, 2.75) is 11.8 Å². The van der Waals surface area contributed by atoms with Crippen LogP contribution in [0.3, 0.4) is 0 Å². The average Bonchev–Trinajstić information content (AvgIpc) is 2.32. The number of hydrogen-bond donors (Lipinski definition) is 1. The maximum atomic E-state index is 13.2. The first-order chi connectivity index (χ1) is 9.28. The second-order valence-corrected chi connectivity index (χ2v) is 6.73. The monoisotopic (exact) mass is 333 g/mol. The molecule has 20 heavy (non-hydrogen) atoms. The lowest BCUT2D eigenvalue weighted by atomic mass is 10.2. The first-order valence-electron chi connectivity index (χ1n) is 5.53. The molecular weight excluding hydrogens is 324 g/mol. The molecule has 0 aliphatic carbocycles. The van der Waals surface area contributed by atoms with E-state index in [9.17, 15) is 12.8 Å². The minimum absolute atomic E-state index is 0.0846. The Balaban J connectivity index is 2.43. The van der Waals surface area contributed by atoms with Crippen LogP contribution in [0.2, 0.25) is 10.0 Å². The molecule has 0 bridgehead atoms. The van der Waals surface area contributed by atoms with Gasteiger partial charge in [-0.2, -0.15) is 0 Å². The van der Waals surface area contributed by atoms with E-state index in [4.69, 9.17) is 23.2 Å². The Morgan fingerprint density at radius 2 is 1.65 bits per heavy atom. The lowest BCUT2D eigenvalue weighted by molar-refractivity contribution is 0.601. The molecule has 0 heterocycles. The van der Waals surface area contributed by atoms with Crippen molar-refractivity contribution in [3.8, 4) is 0 Å². The van der Waals surface area contributed by atoms with Gasteiger partial charge in [-0.15, -0.1) is 0 Å². The summed E-state index contributed by atoms with van der Waals surface area (Å²) in [4.78, 5) is -0.0846. The van der Waals surface area contributed by atoms with Crippen molar-refractivity contribution in [1.82, 2.24) is 0 Å². The normalized spacial score (nSPS) is 11.4. The minimum Gasteiger partial charge on any atom is -0.279 e. The summed E-state index contributed by atoms with van der Waals surface area (Å²) in [6.45, 7) is 1.67. The molecule has 0 spiro atoms. The fourth-order valence-corrected chi connectivity index (χ4v) is 3.44. The van der Waals surface area contributed by atoms with Crippen molar-refractivity contribution in [3.63, 3.8) is 0 Å². The van der Waals surface area contributed by atoms with Gasteiger partial charge in [-0.25, -0.2) is 12.8 Å². The van der Waals surface area contributed by atoms with Gasteiger partial charge in [0.25, 0.3) is 10.0 Å². The quantitative estimate of drug-likeness (QED) is 0.912. The van der Waals surface area contributed by atoms with Crippen molar-refractivity contribution < 1.29 is 12.8 Å². The molecule has 0 radical (unpaired) electrons. The summed E-state index contributed by atoms with van der Waals surface area (Å²) < 4.78 is 39.9. The third-order valence-corrected chi connectivity index (χ3v) is 4.37. The number of anilines is 1. The molecule has 0 atom stereocenters. The van der Waals surface area contributed by atoms with Crippen LogP contribution in [-0.2, 0) is 10.0 Å². The fraction of sp³-hybridized carbons (Fsp3) is 0.0769. The number of nitrogens with one attached hydrogen (secondary N) is 1. The van der Waals surface area contributed by atoms with Crippen molar-refractivity contribution in [3.05, 3.63) is 57.8 Å². The lowest BCUT2D eigenvalue weighted by Crippen LogP contribution is -2.14. The Morgan fingerprint density at radius 3 is 2.25 bits per heavy atom. The topological polar surface area (TPSA) is 46.2 Å². The van der Waals surface area contributed by atoms with Crippen LogP contribution in [0.15, 0.2) is 41.3 Å². The number of benzene rings is 2. The van der Waals surface area contributed by atoms with Gasteiger partial charge in [-0.1, -0.05) is 29.3 Å². The summed E-state index contributed by atoms with van der Waals surface area (Å²) in [6.07, 6.45) is 0. The number of sulfonamides is 1. The lowest BCUT2D eigenvalue weighted by Gasteiger charge is -2.11. The summed E-state index contributed by atoms with van der Waals surface area (Å²) in [7, 11) is -3.88. The molecule has 0 saturated carbocycles. The summed E-state index contributed by atoms with van der Waals surface area (Å²) in [5.74, 6) is -0.530. The van der Waals surface area contributed by atoms with Gasteiger partial charge in [0.2, 0.25) is 0 Å². The number of halogens is 3. The maximum Gasteiger partial charge on any atom is 0.262 e. The highest BCUT2D eigenvalue weighted by atomic mass is 35.5. The second kappa shape index (κ2) is 5.60. The minimum atomic E-state index is -3.88. The summed E-state index contributed by atoms with van der Waals surface area (Å²) in [6, 6.07) is 7.81. The number of aryl methyl sites for hydroxylation is 1. The Hall–Kier alpha value is -1.30. The molecule has 2 rings (SSSR count). The molecule has 0 amide bonds. The number of hydrogen-bond acceptors (Lipinski definition) is 2. The van der Waals surface area contributed by atoms with Crippen LogP contribution in [0, 0.1) is 12.7 Å². The van der Waals surface area contributed by atoms with Crippen LogP contribution in [0.1, 0.15) is 5.56 Å². The smallest absolute Gasteiger partial charge is 0.262 e. The molecule has 0 aliphatic heterocycles. The van der Waals surface area contributed by atoms with Crippen LogP contribution in [0.25, 0.3) is 0 Å². The molecule has 2 aromatic carbocycles. The molecule has 0 aromatic heterocycles. The van der Waals surface area contributed by atoms with E-state index in [0.717, 1.165) is 6.07 Å².